The molecule has 3 aromatic heterocycles. The quantitative estimate of drug-likeness (QED) is 0.610. The van der Waals surface area contributed by atoms with E-state index in [0.29, 0.717) is 5.95 Å². The fourth-order valence-electron chi connectivity index (χ4n) is 5.92. The minimum atomic E-state index is 0.138. The van der Waals surface area contributed by atoms with Crippen molar-refractivity contribution in [3.8, 4) is 0 Å². The zero-order valence-corrected chi connectivity index (χ0v) is 18.6. The molecular formula is C25H31N7. The van der Waals surface area contributed by atoms with Crippen molar-refractivity contribution >= 4 is 28.5 Å². The van der Waals surface area contributed by atoms with Gasteiger partial charge < -0.3 is 20.1 Å². The SMILES string of the molecule is C=C1Cc2cc3cnc(Nc4ccc(N5CCNCC5)cn4)nc3n2C2(CCCCC2)C1. The summed E-state index contributed by atoms with van der Waals surface area (Å²) in [6.45, 7) is 8.44. The Bertz CT molecular complexity index is 1140. The van der Waals surface area contributed by atoms with Crippen LogP contribution in [0.3, 0.4) is 0 Å². The second kappa shape index (κ2) is 7.89. The fourth-order valence-corrected chi connectivity index (χ4v) is 5.92. The van der Waals surface area contributed by atoms with Gasteiger partial charge in [-0.1, -0.05) is 31.4 Å². The van der Waals surface area contributed by atoms with E-state index in [2.05, 4.69) is 48.8 Å². The van der Waals surface area contributed by atoms with Gasteiger partial charge in [-0.05, 0) is 37.5 Å². The van der Waals surface area contributed by atoms with Crippen LogP contribution in [-0.4, -0.2) is 45.7 Å². The molecule has 3 aliphatic rings. The van der Waals surface area contributed by atoms with Gasteiger partial charge in [0.25, 0.3) is 0 Å². The van der Waals surface area contributed by atoms with Gasteiger partial charge in [-0.25, -0.2) is 9.97 Å². The third-order valence-electron chi connectivity index (χ3n) is 7.36. The van der Waals surface area contributed by atoms with Crippen molar-refractivity contribution in [1.29, 1.82) is 0 Å². The van der Waals surface area contributed by atoms with E-state index in [1.54, 1.807) is 0 Å². The molecule has 0 amide bonds. The van der Waals surface area contributed by atoms with Crippen molar-refractivity contribution in [1.82, 2.24) is 24.8 Å². The van der Waals surface area contributed by atoms with Gasteiger partial charge in [-0.2, -0.15) is 4.98 Å². The van der Waals surface area contributed by atoms with Crippen molar-refractivity contribution in [3.63, 3.8) is 0 Å². The molecule has 32 heavy (non-hydrogen) atoms. The molecule has 7 heteroatoms. The summed E-state index contributed by atoms with van der Waals surface area (Å²) in [5.74, 6) is 1.38. The van der Waals surface area contributed by atoms with Gasteiger partial charge in [0.05, 0.1) is 11.9 Å². The van der Waals surface area contributed by atoms with Gasteiger partial charge in [-0.3, -0.25) is 0 Å². The highest BCUT2D eigenvalue weighted by Crippen LogP contribution is 2.46. The second-order valence-corrected chi connectivity index (χ2v) is 9.60. The molecule has 3 aromatic rings. The standard InChI is InChI=1S/C25H31N7/c1-18-13-21-14-19-16-28-24(30-23(19)32(21)25(15-18)7-3-2-4-8-25)29-22-6-5-20(17-27-22)31-11-9-26-10-12-31/h5-6,14,16-17,26H,1-4,7-13,15H2,(H,27,28,29,30). The normalized spacial score (nSPS) is 20.5. The molecule has 2 N–H and O–H groups in total. The van der Waals surface area contributed by atoms with Crippen molar-refractivity contribution in [2.45, 2.75) is 50.5 Å². The number of hydrogen-bond acceptors (Lipinski definition) is 6. The minimum Gasteiger partial charge on any atom is -0.368 e. The highest BCUT2D eigenvalue weighted by atomic mass is 15.2. The predicted molar refractivity (Wildman–Crippen MR) is 129 cm³/mol. The number of allylic oxidation sites excluding steroid dienone is 1. The van der Waals surface area contributed by atoms with Crippen LogP contribution in [0.25, 0.3) is 11.0 Å². The Morgan fingerprint density at radius 2 is 1.88 bits per heavy atom. The minimum absolute atomic E-state index is 0.138. The lowest BCUT2D eigenvalue weighted by atomic mass is 9.74. The van der Waals surface area contributed by atoms with Crippen LogP contribution in [0.15, 0.2) is 42.7 Å². The smallest absolute Gasteiger partial charge is 0.230 e. The van der Waals surface area contributed by atoms with Crippen LogP contribution in [0.2, 0.25) is 0 Å². The van der Waals surface area contributed by atoms with Crippen molar-refractivity contribution in [2.24, 2.45) is 0 Å². The summed E-state index contributed by atoms with van der Waals surface area (Å²) in [4.78, 5) is 16.6. The van der Waals surface area contributed by atoms with E-state index in [9.17, 15) is 0 Å². The van der Waals surface area contributed by atoms with Crippen LogP contribution in [0.1, 0.15) is 44.2 Å². The number of nitrogens with zero attached hydrogens (tertiary/aromatic N) is 5. The topological polar surface area (TPSA) is 70.9 Å². The van der Waals surface area contributed by atoms with Gasteiger partial charge in [0.1, 0.15) is 11.5 Å². The molecule has 0 bridgehead atoms. The van der Waals surface area contributed by atoms with E-state index >= 15 is 0 Å². The van der Waals surface area contributed by atoms with Crippen LogP contribution in [-0.2, 0) is 12.0 Å². The molecule has 0 unspecified atom stereocenters. The summed E-state index contributed by atoms with van der Waals surface area (Å²) in [7, 11) is 0. The van der Waals surface area contributed by atoms with Crippen LogP contribution in [0.4, 0.5) is 17.5 Å². The number of anilines is 3. The average Bonchev–Trinajstić information content (AvgIpc) is 3.19. The third-order valence-corrected chi connectivity index (χ3v) is 7.36. The first-order valence-corrected chi connectivity index (χ1v) is 11.9. The first-order valence-electron chi connectivity index (χ1n) is 11.9. The molecule has 0 aromatic carbocycles. The molecule has 1 saturated carbocycles. The molecule has 0 atom stereocenters. The van der Waals surface area contributed by atoms with E-state index in [4.69, 9.17) is 4.98 Å². The molecule has 1 saturated heterocycles. The number of rotatable bonds is 3. The molecule has 1 aliphatic carbocycles. The largest absolute Gasteiger partial charge is 0.368 e. The summed E-state index contributed by atoms with van der Waals surface area (Å²) in [6.07, 6.45) is 12.2. The maximum absolute atomic E-state index is 4.98. The molecule has 7 nitrogen and oxygen atoms in total. The van der Waals surface area contributed by atoms with E-state index in [0.717, 1.165) is 61.6 Å². The number of piperazine rings is 1. The van der Waals surface area contributed by atoms with Crippen LogP contribution in [0.5, 0.6) is 0 Å². The highest BCUT2D eigenvalue weighted by Gasteiger charge is 2.40. The molecule has 0 radical (unpaired) electrons. The Balaban J connectivity index is 1.30. The molecule has 6 rings (SSSR count). The van der Waals surface area contributed by atoms with Gasteiger partial charge in [0.15, 0.2) is 0 Å². The highest BCUT2D eigenvalue weighted by molar-refractivity contribution is 5.79. The van der Waals surface area contributed by atoms with E-state index in [-0.39, 0.29) is 5.54 Å². The van der Waals surface area contributed by atoms with Gasteiger partial charge in [0.2, 0.25) is 5.95 Å². The van der Waals surface area contributed by atoms with Gasteiger partial charge in [0, 0.05) is 55.4 Å². The summed E-state index contributed by atoms with van der Waals surface area (Å²) in [5, 5.41) is 7.83. The Morgan fingerprint density at radius 3 is 2.66 bits per heavy atom. The van der Waals surface area contributed by atoms with E-state index in [1.165, 1.54) is 43.4 Å². The Kier molecular flexibility index (Phi) is 4.86. The lowest BCUT2D eigenvalue weighted by Gasteiger charge is -2.44. The van der Waals surface area contributed by atoms with Crippen molar-refractivity contribution in [2.75, 3.05) is 36.4 Å². The summed E-state index contributed by atoms with van der Waals surface area (Å²) < 4.78 is 2.53. The average molecular weight is 430 g/mol. The van der Waals surface area contributed by atoms with Crippen LogP contribution < -0.4 is 15.5 Å². The van der Waals surface area contributed by atoms with Gasteiger partial charge >= 0.3 is 0 Å². The Hall–Kier alpha value is -2.93. The Labute approximate surface area is 189 Å². The Morgan fingerprint density at radius 1 is 1.03 bits per heavy atom. The fraction of sp³-hybridized carbons (Fsp3) is 0.480. The van der Waals surface area contributed by atoms with E-state index in [1.807, 2.05) is 18.5 Å². The molecule has 2 fully saturated rings. The predicted octanol–water partition coefficient (Wildman–Crippen LogP) is 4.14. The van der Waals surface area contributed by atoms with E-state index < -0.39 is 0 Å². The zero-order valence-electron chi connectivity index (χ0n) is 18.6. The summed E-state index contributed by atoms with van der Waals surface area (Å²) in [5.41, 5.74) is 5.03. The zero-order chi connectivity index (χ0) is 21.5. The second-order valence-electron chi connectivity index (χ2n) is 9.60. The molecule has 5 heterocycles. The van der Waals surface area contributed by atoms with Crippen molar-refractivity contribution < 1.29 is 0 Å². The van der Waals surface area contributed by atoms with Crippen LogP contribution in [0, 0.1) is 0 Å². The lowest BCUT2D eigenvalue weighted by molar-refractivity contribution is 0.182. The number of hydrogen-bond donors (Lipinski definition) is 2. The molecule has 166 valence electrons. The maximum Gasteiger partial charge on any atom is 0.230 e. The van der Waals surface area contributed by atoms with Gasteiger partial charge in [-0.15, -0.1) is 0 Å². The summed E-state index contributed by atoms with van der Waals surface area (Å²) >= 11 is 0. The lowest BCUT2D eigenvalue weighted by Crippen LogP contribution is -2.43. The summed E-state index contributed by atoms with van der Waals surface area (Å²) in [6, 6.07) is 6.41. The third kappa shape index (κ3) is 3.45. The number of nitrogens with one attached hydrogen (secondary N) is 2. The van der Waals surface area contributed by atoms with Crippen LogP contribution >= 0.6 is 0 Å². The molecular weight excluding hydrogens is 398 g/mol. The maximum atomic E-state index is 4.98. The number of pyridine rings is 1. The number of aromatic nitrogens is 4. The monoisotopic (exact) mass is 429 g/mol. The first kappa shape index (κ1) is 19.7. The molecule has 2 aliphatic heterocycles. The molecule has 1 spiro atoms. The first-order chi connectivity index (χ1) is 15.7. The number of fused-ring (bicyclic) bond motifs is 4. The van der Waals surface area contributed by atoms with Crippen molar-refractivity contribution in [3.05, 3.63) is 48.4 Å².